The van der Waals surface area contributed by atoms with Crippen LogP contribution in [0.5, 0.6) is 0 Å². The van der Waals surface area contributed by atoms with Crippen molar-refractivity contribution in [1.82, 2.24) is 0 Å². The van der Waals surface area contributed by atoms with E-state index >= 15 is 0 Å². The molecule has 0 aromatic carbocycles. The van der Waals surface area contributed by atoms with E-state index in [2.05, 4.69) is 13.2 Å². The Balaban J connectivity index is 2.17. The number of fused-ring (bicyclic) bond motifs is 2. The first-order chi connectivity index (χ1) is 10.8. The average Bonchev–Trinajstić information content (AvgIpc) is 2.74. The Kier molecular flexibility index (Phi) is 3.91. The van der Waals surface area contributed by atoms with Gasteiger partial charge in [0.15, 0.2) is 5.78 Å². The predicted octanol–water partition coefficient (Wildman–Crippen LogP) is 4.13. The first kappa shape index (κ1) is 16.0. The van der Waals surface area contributed by atoms with Gasteiger partial charge < -0.3 is 4.74 Å². The summed E-state index contributed by atoms with van der Waals surface area (Å²) in [5.41, 5.74) is 3.39. The highest BCUT2D eigenvalue weighted by Gasteiger charge is 2.46. The normalized spacial score (nSPS) is 34.2. The first-order valence-electron chi connectivity index (χ1n) is 8.32. The van der Waals surface area contributed by atoms with Crippen LogP contribution in [0.15, 0.2) is 47.3 Å². The van der Waals surface area contributed by atoms with Crippen molar-refractivity contribution in [3.05, 3.63) is 47.3 Å². The summed E-state index contributed by atoms with van der Waals surface area (Å²) in [6, 6.07) is 0. The van der Waals surface area contributed by atoms with Crippen molar-refractivity contribution in [3.8, 4) is 0 Å². The van der Waals surface area contributed by atoms with Gasteiger partial charge in [0.25, 0.3) is 0 Å². The van der Waals surface area contributed by atoms with Crippen LogP contribution < -0.4 is 0 Å². The lowest BCUT2D eigenvalue weighted by atomic mass is 9.64. The van der Waals surface area contributed by atoms with Gasteiger partial charge in [-0.25, -0.2) is 4.79 Å². The molecule has 122 valence electrons. The standard InChI is InChI=1S/C20H24O3/c1-10(2)14-7-6-11(3)17-15(14)9-13(5)23-20(22)16-8-12(4)19(21)18(16)17/h9,12,14-15,17H,1,3,6-8H2,2,4-5H3/t12-,14-,15-,17-/m0/s1. The Bertz CT molecular complexity index is 677. The summed E-state index contributed by atoms with van der Waals surface area (Å²) >= 11 is 0. The second-order valence-electron chi connectivity index (χ2n) is 7.23. The third-order valence-corrected chi connectivity index (χ3v) is 5.49. The van der Waals surface area contributed by atoms with E-state index in [9.17, 15) is 9.59 Å². The molecule has 3 aliphatic rings. The number of rotatable bonds is 1. The number of cyclic esters (lactones) is 1. The Morgan fingerprint density at radius 3 is 2.70 bits per heavy atom. The number of ketones is 1. The maximum atomic E-state index is 12.8. The van der Waals surface area contributed by atoms with Crippen molar-refractivity contribution in [2.75, 3.05) is 0 Å². The number of carbonyl (C=O) groups excluding carboxylic acids is 2. The molecule has 23 heavy (non-hydrogen) atoms. The van der Waals surface area contributed by atoms with Gasteiger partial charge in [-0.2, -0.15) is 0 Å². The Hall–Kier alpha value is -1.90. The minimum absolute atomic E-state index is 0.0827. The molecule has 1 heterocycles. The van der Waals surface area contributed by atoms with E-state index in [1.54, 1.807) is 0 Å². The number of esters is 1. The lowest BCUT2D eigenvalue weighted by molar-refractivity contribution is -0.135. The summed E-state index contributed by atoms with van der Waals surface area (Å²) in [6.45, 7) is 14.1. The topological polar surface area (TPSA) is 43.4 Å². The van der Waals surface area contributed by atoms with Gasteiger partial charge in [-0.05, 0) is 51.0 Å². The summed E-state index contributed by atoms with van der Waals surface area (Å²) in [5, 5.41) is 0. The zero-order chi connectivity index (χ0) is 16.9. The van der Waals surface area contributed by atoms with Crippen LogP contribution in [0, 0.1) is 23.7 Å². The van der Waals surface area contributed by atoms with Gasteiger partial charge in [-0.15, -0.1) is 0 Å². The second kappa shape index (κ2) is 5.63. The third-order valence-electron chi connectivity index (χ3n) is 5.49. The number of hydrogen-bond donors (Lipinski definition) is 0. The summed E-state index contributed by atoms with van der Waals surface area (Å²) < 4.78 is 5.47. The highest BCUT2D eigenvalue weighted by molar-refractivity contribution is 6.09. The smallest absolute Gasteiger partial charge is 0.339 e. The number of allylic oxidation sites excluding steroid dienone is 5. The van der Waals surface area contributed by atoms with Crippen molar-refractivity contribution >= 4 is 11.8 Å². The van der Waals surface area contributed by atoms with Crippen molar-refractivity contribution in [2.45, 2.75) is 40.0 Å². The van der Waals surface area contributed by atoms with Gasteiger partial charge >= 0.3 is 5.97 Å². The van der Waals surface area contributed by atoms with Crippen molar-refractivity contribution in [1.29, 1.82) is 0 Å². The van der Waals surface area contributed by atoms with Crippen molar-refractivity contribution in [2.24, 2.45) is 23.7 Å². The molecule has 1 saturated carbocycles. The molecule has 0 radical (unpaired) electrons. The SMILES string of the molecule is C=C1CC[C@@H](C(=C)C)[C@@H]2C=C(C)OC(=O)C3=C(C(=O)[C@@H](C)C3)[C@@H]12. The van der Waals surface area contributed by atoms with E-state index in [4.69, 9.17) is 4.74 Å². The van der Waals surface area contributed by atoms with Crippen LogP contribution in [0.2, 0.25) is 0 Å². The molecule has 0 aromatic rings. The fourth-order valence-corrected chi connectivity index (χ4v) is 4.35. The highest BCUT2D eigenvalue weighted by Crippen LogP contribution is 2.50. The summed E-state index contributed by atoms with van der Waals surface area (Å²) in [5.74, 6) is 0.490. The van der Waals surface area contributed by atoms with Crippen LogP contribution >= 0.6 is 0 Å². The van der Waals surface area contributed by atoms with E-state index in [1.807, 2.05) is 26.8 Å². The van der Waals surface area contributed by atoms with Crippen LogP contribution in [0.1, 0.15) is 40.0 Å². The van der Waals surface area contributed by atoms with Gasteiger partial charge in [-0.3, -0.25) is 4.79 Å². The molecular formula is C20H24O3. The second-order valence-corrected chi connectivity index (χ2v) is 7.23. The molecule has 3 nitrogen and oxygen atoms in total. The minimum Gasteiger partial charge on any atom is -0.428 e. The molecule has 0 unspecified atom stereocenters. The third kappa shape index (κ3) is 2.52. The number of ether oxygens (including phenoxy) is 1. The molecule has 0 aromatic heterocycles. The van der Waals surface area contributed by atoms with Crippen molar-refractivity contribution < 1.29 is 14.3 Å². The van der Waals surface area contributed by atoms with Gasteiger partial charge in [0.2, 0.25) is 0 Å². The lowest BCUT2D eigenvalue weighted by Crippen LogP contribution is -2.34. The van der Waals surface area contributed by atoms with Crippen LogP contribution in [0.25, 0.3) is 0 Å². The molecule has 0 spiro atoms. The highest BCUT2D eigenvalue weighted by atomic mass is 16.5. The zero-order valence-electron chi connectivity index (χ0n) is 14.1. The van der Waals surface area contributed by atoms with Gasteiger partial charge in [0.1, 0.15) is 5.76 Å². The number of Topliss-reactive ketones (excluding diaryl/α,β-unsaturated/α-hetero) is 1. The van der Waals surface area contributed by atoms with Crippen LogP contribution in [0.4, 0.5) is 0 Å². The Morgan fingerprint density at radius 2 is 2.04 bits per heavy atom. The minimum atomic E-state index is -0.366. The molecule has 3 rings (SSSR count). The van der Waals surface area contributed by atoms with E-state index in [0.29, 0.717) is 23.3 Å². The summed E-state index contributed by atoms with van der Waals surface area (Å²) in [6.07, 6.45) is 4.35. The first-order valence-corrected chi connectivity index (χ1v) is 8.32. The van der Waals surface area contributed by atoms with E-state index in [-0.39, 0.29) is 35.4 Å². The maximum absolute atomic E-state index is 12.8. The molecule has 0 amide bonds. The zero-order valence-corrected chi connectivity index (χ0v) is 14.1. The van der Waals surface area contributed by atoms with Crippen LogP contribution in [0.3, 0.4) is 0 Å². The Morgan fingerprint density at radius 1 is 1.35 bits per heavy atom. The number of carbonyl (C=O) groups is 2. The molecule has 1 fully saturated rings. The monoisotopic (exact) mass is 312 g/mol. The molecule has 0 N–H and O–H groups in total. The number of hydrogen-bond acceptors (Lipinski definition) is 3. The Labute approximate surface area is 137 Å². The molecular weight excluding hydrogens is 288 g/mol. The average molecular weight is 312 g/mol. The lowest BCUT2D eigenvalue weighted by Gasteiger charge is -2.40. The summed E-state index contributed by atoms with van der Waals surface area (Å²) in [7, 11) is 0. The van der Waals surface area contributed by atoms with Gasteiger partial charge in [0, 0.05) is 23.0 Å². The van der Waals surface area contributed by atoms with Gasteiger partial charge in [-0.1, -0.05) is 31.2 Å². The fourth-order valence-electron chi connectivity index (χ4n) is 4.35. The van der Waals surface area contributed by atoms with E-state index in [1.165, 1.54) is 0 Å². The molecule has 0 saturated heterocycles. The van der Waals surface area contributed by atoms with E-state index < -0.39 is 0 Å². The molecule has 3 heteroatoms. The van der Waals surface area contributed by atoms with E-state index in [0.717, 1.165) is 24.0 Å². The maximum Gasteiger partial charge on any atom is 0.339 e. The van der Waals surface area contributed by atoms with Crippen LogP contribution in [-0.4, -0.2) is 11.8 Å². The molecule has 2 aliphatic carbocycles. The van der Waals surface area contributed by atoms with Gasteiger partial charge in [0.05, 0.1) is 0 Å². The quantitative estimate of drug-likeness (QED) is 0.540. The predicted molar refractivity (Wildman–Crippen MR) is 89.3 cm³/mol. The molecule has 1 aliphatic heterocycles. The molecule has 0 bridgehead atoms. The fraction of sp³-hybridized carbons (Fsp3) is 0.500. The summed E-state index contributed by atoms with van der Waals surface area (Å²) in [4.78, 5) is 25.2. The van der Waals surface area contributed by atoms with Crippen LogP contribution in [-0.2, 0) is 14.3 Å². The van der Waals surface area contributed by atoms with Crippen molar-refractivity contribution in [3.63, 3.8) is 0 Å². The molecule has 4 atom stereocenters. The largest absolute Gasteiger partial charge is 0.428 e.